The van der Waals surface area contributed by atoms with E-state index in [1.807, 2.05) is 54.0 Å². The summed E-state index contributed by atoms with van der Waals surface area (Å²) in [7, 11) is 0. The van der Waals surface area contributed by atoms with E-state index in [0.717, 1.165) is 95.9 Å². The van der Waals surface area contributed by atoms with Crippen molar-refractivity contribution in [2.24, 2.45) is 0 Å². The van der Waals surface area contributed by atoms with E-state index in [4.69, 9.17) is 9.15 Å². The SMILES string of the molecule is CCOc1cc2c(cc1C)SC(=CC(c1ccccc1)=c1sc(=C3CC[n+]4c3oc(-c3ccccc3)c4-c3ccccc3)n(CC)c1=O)N2CC. The lowest BCUT2D eigenvalue weighted by molar-refractivity contribution is -0.682. The summed E-state index contributed by atoms with van der Waals surface area (Å²) in [5.41, 5.74) is 8.50. The molecule has 6 aromatic rings. The first-order chi connectivity index (χ1) is 25.0. The number of rotatable bonds is 8. The van der Waals surface area contributed by atoms with Crippen molar-refractivity contribution >= 4 is 39.9 Å². The van der Waals surface area contributed by atoms with Gasteiger partial charge < -0.3 is 14.1 Å². The molecule has 0 radical (unpaired) electrons. The van der Waals surface area contributed by atoms with E-state index >= 15 is 0 Å². The van der Waals surface area contributed by atoms with Crippen LogP contribution in [0.5, 0.6) is 5.75 Å². The normalized spacial score (nSPS) is 16.1. The number of aromatic nitrogens is 2. The van der Waals surface area contributed by atoms with Gasteiger partial charge in [0.25, 0.3) is 11.3 Å². The molecule has 0 aliphatic carbocycles. The number of allylic oxidation sites excluding steroid dienone is 1. The fourth-order valence-electron chi connectivity index (χ4n) is 7.15. The Morgan fingerprint density at radius 3 is 2.25 bits per heavy atom. The fourth-order valence-corrected chi connectivity index (χ4v) is 9.71. The summed E-state index contributed by atoms with van der Waals surface area (Å²) in [5, 5.41) is 1.09. The second-order valence-electron chi connectivity index (χ2n) is 12.6. The lowest BCUT2D eigenvalue weighted by atomic mass is 10.1. The molecule has 0 bridgehead atoms. The second kappa shape index (κ2) is 13.9. The zero-order chi connectivity index (χ0) is 35.1. The van der Waals surface area contributed by atoms with Gasteiger partial charge in [0, 0.05) is 41.6 Å². The largest absolute Gasteiger partial charge is 0.494 e. The minimum atomic E-state index is 0.0234. The van der Waals surface area contributed by atoms with Crippen molar-refractivity contribution in [2.75, 3.05) is 18.1 Å². The number of hydrogen-bond donors (Lipinski definition) is 0. The number of hydrogen-bond acceptors (Lipinski definition) is 6. The van der Waals surface area contributed by atoms with Gasteiger partial charge in [0.15, 0.2) is 6.54 Å². The first kappa shape index (κ1) is 33.1. The van der Waals surface area contributed by atoms with Crippen LogP contribution in [0.25, 0.3) is 33.7 Å². The lowest BCUT2D eigenvalue weighted by Gasteiger charge is -2.19. The number of fused-ring (bicyclic) bond motifs is 2. The Bertz CT molecular complexity index is 2460. The Kier molecular flexibility index (Phi) is 9.04. The molecule has 4 aromatic carbocycles. The maximum Gasteiger partial charge on any atom is 0.380 e. The molecule has 8 heteroatoms. The minimum Gasteiger partial charge on any atom is -0.494 e. The summed E-state index contributed by atoms with van der Waals surface area (Å²) in [5.74, 6) is 2.58. The van der Waals surface area contributed by atoms with Crippen LogP contribution in [0, 0.1) is 6.92 Å². The number of nitrogens with zero attached hydrogens (tertiary/aromatic N) is 3. The van der Waals surface area contributed by atoms with Gasteiger partial charge in [-0.25, -0.2) is 0 Å². The van der Waals surface area contributed by atoms with Gasteiger partial charge in [-0.05, 0) is 63.1 Å². The third-order valence-electron chi connectivity index (χ3n) is 9.55. The zero-order valence-electron chi connectivity index (χ0n) is 29.3. The van der Waals surface area contributed by atoms with E-state index in [-0.39, 0.29) is 5.56 Å². The number of anilines is 1. The lowest BCUT2D eigenvalue weighted by Crippen LogP contribution is -2.34. The van der Waals surface area contributed by atoms with Crippen LogP contribution < -0.4 is 29.0 Å². The highest BCUT2D eigenvalue weighted by Crippen LogP contribution is 2.49. The van der Waals surface area contributed by atoms with Crippen molar-refractivity contribution in [1.29, 1.82) is 0 Å². The molecule has 0 unspecified atom stereocenters. The monoisotopic (exact) mass is 710 g/mol. The highest BCUT2D eigenvalue weighted by molar-refractivity contribution is 8.03. The van der Waals surface area contributed by atoms with Crippen LogP contribution in [0.1, 0.15) is 44.2 Å². The molecule has 51 heavy (non-hydrogen) atoms. The van der Waals surface area contributed by atoms with Crippen molar-refractivity contribution in [2.45, 2.75) is 52.1 Å². The Hall–Kier alpha value is -5.05. The summed E-state index contributed by atoms with van der Waals surface area (Å²) >= 11 is 3.33. The van der Waals surface area contributed by atoms with Crippen LogP contribution in [0.2, 0.25) is 0 Å². The molecule has 0 N–H and O–H groups in total. The van der Waals surface area contributed by atoms with E-state index in [9.17, 15) is 4.79 Å². The third kappa shape index (κ3) is 5.86. The van der Waals surface area contributed by atoms with Gasteiger partial charge in [-0.3, -0.25) is 9.36 Å². The molecule has 2 aliphatic heterocycles. The first-order valence-electron chi connectivity index (χ1n) is 17.7. The van der Waals surface area contributed by atoms with E-state index in [1.54, 1.807) is 23.1 Å². The molecule has 256 valence electrons. The van der Waals surface area contributed by atoms with Crippen molar-refractivity contribution in [1.82, 2.24) is 4.57 Å². The first-order valence-corrected chi connectivity index (χ1v) is 19.3. The molecule has 0 saturated heterocycles. The topological polar surface area (TPSA) is 51.5 Å². The van der Waals surface area contributed by atoms with Crippen LogP contribution in [-0.4, -0.2) is 17.7 Å². The molecule has 4 heterocycles. The number of oxazole rings is 1. The van der Waals surface area contributed by atoms with Gasteiger partial charge >= 0.3 is 5.89 Å². The maximum absolute atomic E-state index is 14.6. The van der Waals surface area contributed by atoms with E-state index in [0.29, 0.717) is 13.2 Å². The predicted molar refractivity (Wildman–Crippen MR) is 209 cm³/mol. The number of ether oxygens (including phenoxy) is 1. The maximum atomic E-state index is 14.6. The Morgan fingerprint density at radius 1 is 0.902 bits per heavy atom. The molecular formula is C43H40N3O3S2+. The van der Waals surface area contributed by atoms with Gasteiger partial charge in [-0.2, -0.15) is 4.57 Å². The molecular weight excluding hydrogens is 671 g/mol. The highest BCUT2D eigenvalue weighted by atomic mass is 32.2. The number of benzene rings is 4. The van der Waals surface area contributed by atoms with Crippen molar-refractivity contribution < 1.29 is 13.7 Å². The molecule has 0 saturated carbocycles. The van der Waals surface area contributed by atoms with Gasteiger partial charge in [0.1, 0.15) is 20.5 Å². The summed E-state index contributed by atoms with van der Waals surface area (Å²) in [6, 6.07) is 35.4. The molecule has 0 atom stereocenters. The van der Waals surface area contributed by atoms with Crippen molar-refractivity contribution in [3.8, 4) is 28.3 Å². The number of thiazole rings is 1. The molecule has 6 nitrogen and oxygen atoms in total. The van der Waals surface area contributed by atoms with Gasteiger partial charge in [0.2, 0.25) is 5.76 Å². The van der Waals surface area contributed by atoms with Gasteiger partial charge in [-0.1, -0.05) is 90.6 Å². The predicted octanol–water partition coefficient (Wildman–Crippen LogP) is 8.13. The van der Waals surface area contributed by atoms with Crippen LogP contribution >= 0.6 is 23.1 Å². The molecule has 2 aromatic heterocycles. The van der Waals surface area contributed by atoms with Gasteiger partial charge in [0.05, 0.1) is 22.9 Å². The molecule has 0 amide bonds. The summed E-state index contributed by atoms with van der Waals surface area (Å²) in [6.07, 6.45) is 2.99. The number of thioether (sulfide) groups is 1. The average molecular weight is 711 g/mol. The standard InChI is InChI=1S/C43H40N3O3S2/c1-5-44-34-27-35(48-7-3)28(4)25-36(34)50-37(44)26-33(29-17-11-8-12-18-29)40-41(47)45(6-2)43(51-40)32-23-24-46-38(30-19-13-9-14-20-30)39(49-42(32)46)31-21-15-10-16-22-31/h8-22,25-27H,5-7,23-24H2,1-4H3/q+1. The van der Waals surface area contributed by atoms with Crippen LogP contribution in [0.15, 0.2) is 128 Å². The Balaban J connectivity index is 1.36. The average Bonchev–Trinajstić information content (AvgIpc) is 3.92. The number of aryl methyl sites for hydroxylation is 1. The smallest absolute Gasteiger partial charge is 0.380 e. The molecule has 0 spiro atoms. The van der Waals surface area contributed by atoms with Crippen molar-refractivity contribution in [3.05, 3.63) is 151 Å². The quantitative estimate of drug-likeness (QED) is 0.150. The molecule has 8 rings (SSSR count). The van der Waals surface area contributed by atoms with Crippen molar-refractivity contribution in [3.63, 3.8) is 0 Å². The van der Waals surface area contributed by atoms with E-state index in [2.05, 4.69) is 97.0 Å². The third-order valence-corrected chi connectivity index (χ3v) is 11.9. The summed E-state index contributed by atoms with van der Waals surface area (Å²) < 4.78 is 18.7. The van der Waals surface area contributed by atoms with Crippen LogP contribution in [0.3, 0.4) is 0 Å². The Labute approximate surface area is 306 Å². The molecule has 2 aliphatic rings. The fraction of sp³-hybridized carbons (Fsp3) is 0.209. The molecule has 0 fully saturated rings. The summed E-state index contributed by atoms with van der Waals surface area (Å²) in [6.45, 7) is 11.1. The Morgan fingerprint density at radius 2 is 1.59 bits per heavy atom. The van der Waals surface area contributed by atoms with Crippen LogP contribution in [0.4, 0.5) is 5.69 Å². The second-order valence-corrected chi connectivity index (χ2v) is 14.7. The highest BCUT2D eigenvalue weighted by Gasteiger charge is 2.39. The zero-order valence-corrected chi connectivity index (χ0v) is 30.9. The van der Waals surface area contributed by atoms with E-state index < -0.39 is 0 Å². The van der Waals surface area contributed by atoms with E-state index in [1.165, 1.54) is 4.90 Å². The minimum absolute atomic E-state index is 0.0234. The van der Waals surface area contributed by atoms with Gasteiger partial charge in [-0.15, -0.1) is 11.3 Å². The summed E-state index contributed by atoms with van der Waals surface area (Å²) in [4.78, 5) is 18.1. The van der Waals surface area contributed by atoms with Crippen LogP contribution in [-0.2, 0) is 13.1 Å².